The molecule has 0 aromatic heterocycles. The Morgan fingerprint density at radius 3 is 2.73 bits per heavy atom. The summed E-state index contributed by atoms with van der Waals surface area (Å²) < 4.78 is 17.0. The van der Waals surface area contributed by atoms with Gasteiger partial charge in [0.05, 0.1) is 32.7 Å². The molecule has 0 saturated heterocycles. The lowest BCUT2D eigenvalue weighted by molar-refractivity contribution is -0.913. The van der Waals surface area contributed by atoms with Crippen LogP contribution in [-0.2, 0) is 12.8 Å². The van der Waals surface area contributed by atoms with Gasteiger partial charge in [-0.3, -0.25) is 4.79 Å². The predicted octanol–water partition coefficient (Wildman–Crippen LogP) is 3.54. The molecule has 0 spiro atoms. The number of methoxy groups -OCH3 is 1. The molecule has 0 bridgehead atoms. The number of ether oxygens (including phenoxy) is 3. The lowest BCUT2D eigenvalue weighted by Gasteiger charge is -2.32. The van der Waals surface area contributed by atoms with Crippen LogP contribution in [0.5, 0.6) is 17.2 Å². The van der Waals surface area contributed by atoms with Gasteiger partial charge in [-0.2, -0.15) is 0 Å². The standard InChI is InChI=1S/C25H31NO4/c1-4-5-6-7-17-8-10-18(11-9-17)21(27)15-20-23-19(12-13-26(20)2)14-22-24(25(23)28-3)30-16-29-22/h8-11,14,20H,4-7,12-13,15-16H2,1-3H3/p+1/t20-/m0/s1. The van der Waals surface area contributed by atoms with Gasteiger partial charge in [-0.15, -0.1) is 0 Å². The molecule has 0 saturated carbocycles. The summed E-state index contributed by atoms with van der Waals surface area (Å²) in [5, 5.41) is 0. The molecule has 2 aromatic carbocycles. The van der Waals surface area contributed by atoms with Crippen LogP contribution in [0.2, 0.25) is 0 Å². The van der Waals surface area contributed by atoms with Crippen molar-refractivity contribution >= 4 is 5.78 Å². The van der Waals surface area contributed by atoms with Crippen LogP contribution in [0.3, 0.4) is 0 Å². The molecule has 2 aliphatic rings. The van der Waals surface area contributed by atoms with Crippen molar-refractivity contribution in [2.24, 2.45) is 0 Å². The predicted molar refractivity (Wildman–Crippen MR) is 116 cm³/mol. The van der Waals surface area contributed by atoms with Crippen LogP contribution in [0.15, 0.2) is 30.3 Å². The molecule has 160 valence electrons. The Bertz CT molecular complexity index is 906. The fourth-order valence-electron chi connectivity index (χ4n) is 4.64. The maximum absolute atomic E-state index is 13.2. The monoisotopic (exact) mass is 410 g/mol. The molecule has 4 rings (SSSR count). The molecular formula is C25H32NO4+. The SMILES string of the molecule is CCCCCc1ccc(C(=O)C[C@H]2c3c(cc4c(c3OC)OCO4)CC[NH+]2C)cc1. The topological polar surface area (TPSA) is 49.2 Å². The van der Waals surface area contributed by atoms with Gasteiger partial charge >= 0.3 is 0 Å². The second kappa shape index (κ2) is 9.09. The van der Waals surface area contributed by atoms with Gasteiger partial charge in [0.2, 0.25) is 12.5 Å². The number of ketones is 1. The Balaban J connectivity index is 1.56. The Morgan fingerprint density at radius 1 is 1.20 bits per heavy atom. The van der Waals surface area contributed by atoms with Gasteiger partial charge in [-0.05, 0) is 30.0 Å². The van der Waals surface area contributed by atoms with E-state index in [0.717, 1.165) is 42.0 Å². The van der Waals surface area contributed by atoms with E-state index in [4.69, 9.17) is 14.2 Å². The highest BCUT2D eigenvalue weighted by Crippen LogP contribution is 2.47. The van der Waals surface area contributed by atoms with Crippen molar-refractivity contribution in [3.05, 3.63) is 52.6 Å². The minimum Gasteiger partial charge on any atom is -0.492 e. The van der Waals surface area contributed by atoms with E-state index in [1.54, 1.807) is 7.11 Å². The average Bonchev–Trinajstić information content (AvgIpc) is 3.23. The van der Waals surface area contributed by atoms with Crippen molar-refractivity contribution < 1.29 is 23.9 Å². The summed E-state index contributed by atoms with van der Waals surface area (Å²) in [7, 11) is 3.82. The number of quaternary nitrogens is 1. The van der Waals surface area contributed by atoms with Gasteiger partial charge in [0.15, 0.2) is 17.3 Å². The summed E-state index contributed by atoms with van der Waals surface area (Å²) in [6, 6.07) is 10.3. The first kappa shape index (κ1) is 20.7. The molecule has 2 aliphatic heterocycles. The lowest BCUT2D eigenvalue weighted by Crippen LogP contribution is -3.10. The number of hydrogen-bond acceptors (Lipinski definition) is 4. The van der Waals surface area contributed by atoms with E-state index in [1.807, 2.05) is 12.1 Å². The Labute approximate surface area is 178 Å². The molecule has 2 aromatic rings. The first-order valence-electron chi connectivity index (χ1n) is 11.1. The Kier molecular flexibility index (Phi) is 6.28. The number of benzene rings is 2. The summed E-state index contributed by atoms with van der Waals surface area (Å²) in [6.45, 7) is 3.40. The van der Waals surface area contributed by atoms with Crippen molar-refractivity contribution in [3.8, 4) is 17.2 Å². The normalized spacial score (nSPS) is 19.4. The number of Topliss-reactive ketones (excluding diaryl/α,β-unsaturated/α-hetero) is 1. The van der Waals surface area contributed by atoms with Crippen LogP contribution in [0, 0.1) is 0 Å². The fourth-order valence-corrected chi connectivity index (χ4v) is 4.64. The van der Waals surface area contributed by atoms with Crippen molar-refractivity contribution in [1.82, 2.24) is 0 Å². The van der Waals surface area contributed by atoms with E-state index in [1.165, 1.54) is 35.3 Å². The van der Waals surface area contributed by atoms with Crippen molar-refractivity contribution in [2.75, 3.05) is 27.5 Å². The number of fused-ring (bicyclic) bond motifs is 2. The van der Waals surface area contributed by atoms with E-state index in [9.17, 15) is 4.79 Å². The molecule has 2 atom stereocenters. The maximum atomic E-state index is 13.2. The third kappa shape index (κ3) is 4.04. The van der Waals surface area contributed by atoms with Gasteiger partial charge in [-0.25, -0.2) is 0 Å². The summed E-state index contributed by atoms with van der Waals surface area (Å²) in [5.74, 6) is 2.31. The van der Waals surface area contributed by atoms with Gasteiger partial charge < -0.3 is 19.1 Å². The average molecular weight is 411 g/mol. The van der Waals surface area contributed by atoms with Crippen molar-refractivity contribution in [1.29, 1.82) is 0 Å². The highest BCUT2D eigenvalue weighted by atomic mass is 16.7. The van der Waals surface area contributed by atoms with Crippen LogP contribution in [0.4, 0.5) is 0 Å². The van der Waals surface area contributed by atoms with Crippen LogP contribution in [0.1, 0.15) is 65.7 Å². The van der Waals surface area contributed by atoms with Crippen LogP contribution in [0.25, 0.3) is 0 Å². The highest BCUT2D eigenvalue weighted by Gasteiger charge is 2.37. The summed E-state index contributed by atoms with van der Waals surface area (Å²) in [4.78, 5) is 14.5. The fraction of sp³-hybridized carbons (Fsp3) is 0.480. The van der Waals surface area contributed by atoms with Crippen LogP contribution >= 0.6 is 0 Å². The number of hydrogen-bond donors (Lipinski definition) is 1. The number of carbonyl (C=O) groups is 1. The zero-order valence-corrected chi connectivity index (χ0v) is 18.3. The molecular weight excluding hydrogens is 378 g/mol. The molecule has 0 radical (unpaired) electrons. The third-order valence-electron chi connectivity index (χ3n) is 6.41. The molecule has 30 heavy (non-hydrogen) atoms. The minimum absolute atomic E-state index is 0.0370. The number of unbranched alkanes of at least 4 members (excludes halogenated alkanes) is 2. The number of nitrogens with one attached hydrogen (secondary N) is 1. The molecule has 0 aliphatic carbocycles. The summed E-state index contributed by atoms with van der Waals surface area (Å²) in [6.07, 6.45) is 6.13. The maximum Gasteiger partial charge on any atom is 0.231 e. The molecule has 5 nitrogen and oxygen atoms in total. The van der Waals surface area contributed by atoms with E-state index in [0.29, 0.717) is 12.2 Å². The number of rotatable bonds is 8. The van der Waals surface area contributed by atoms with E-state index in [-0.39, 0.29) is 18.6 Å². The van der Waals surface area contributed by atoms with Gasteiger partial charge in [0, 0.05) is 12.0 Å². The zero-order valence-electron chi connectivity index (χ0n) is 18.3. The third-order valence-corrected chi connectivity index (χ3v) is 6.41. The number of likely N-dealkylation sites (N-methyl/N-ethyl adjacent to an activating group) is 1. The first-order valence-corrected chi connectivity index (χ1v) is 11.1. The summed E-state index contributed by atoms with van der Waals surface area (Å²) in [5.41, 5.74) is 4.38. The quantitative estimate of drug-likeness (QED) is 0.534. The van der Waals surface area contributed by atoms with E-state index >= 15 is 0 Å². The molecule has 5 heteroatoms. The zero-order chi connectivity index (χ0) is 21.1. The number of aryl methyl sites for hydroxylation is 1. The first-order chi connectivity index (χ1) is 14.6. The molecule has 0 amide bonds. The van der Waals surface area contributed by atoms with E-state index < -0.39 is 0 Å². The van der Waals surface area contributed by atoms with Crippen molar-refractivity contribution in [3.63, 3.8) is 0 Å². The highest BCUT2D eigenvalue weighted by molar-refractivity contribution is 5.96. The van der Waals surface area contributed by atoms with E-state index in [2.05, 4.69) is 32.2 Å². The van der Waals surface area contributed by atoms with Gasteiger partial charge in [-0.1, -0.05) is 44.0 Å². The second-order valence-corrected chi connectivity index (χ2v) is 8.40. The van der Waals surface area contributed by atoms with Gasteiger partial charge in [0.1, 0.15) is 6.04 Å². The largest absolute Gasteiger partial charge is 0.492 e. The lowest BCUT2D eigenvalue weighted by atomic mass is 9.87. The molecule has 1 unspecified atom stereocenters. The Hall–Kier alpha value is -2.53. The second-order valence-electron chi connectivity index (χ2n) is 8.40. The van der Waals surface area contributed by atoms with Crippen molar-refractivity contribution in [2.45, 2.75) is 51.5 Å². The molecule has 2 heterocycles. The molecule has 1 N–H and O–H groups in total. The number of carbonyl (C=O) groups excluding carboxylic acids is 1. The molecule has 0 fully saturated rings. The summed E-state index contributed by atoms with van der Waals surface area (Å²) >= 11 is 0. The smallest absolute Gasteiger partial charge is 0.231 e. The van der Waals surface area contributed by atoms with Crippen LogP contribution < -0.4 is 19.1 Å². The Morgan fingerprint density at radius 2 is 2.00 bits per heavy atom. The van der Waals surface area contributed by atoms with Crippen LogP contribution in [-0.4, -0.2) is 33.3 Å². The van der Waals surface area contributed by atoms with Gasteiger partial charge in [0.25, 0.3) is 0 Å². The minimum atomic E-state index is 0.0370.